The highest BCUT2D eigenvalue weighted by Crippen LogP contribution is 2.21. The Kier molecular flexibility index (Phi) is 4.96. The minimum Gasteiger partial charge on any atom is -0.508 e. The molecule has 0 heterocycles. The molecule has 0 aliphatic heterocycles. The number of carbonyl (C=O) groups is 1. The molecule has 1 atom stereocenters. The molecule has 1 amide bonds. The van der Waals surface area contributed by atoms with E-state index in [4.69, 9.17) is 11.6 Å². The fraction of sp³-hybridized carbons (Fsp3) is 0.364. The summed E-state index contributed by atoms with van der Waals surface area (Å²) in [6.45, 7) is 1.92. The summed E-state index contributed by atoms with van der Waals surface area (Å²) in [6, 6.07) is 4.39. The summed E-state index contributed by atoms with van der Waals surface area (Å²) in [5.74, 6) is 0.608. The van der Waals surface area contributed by atoms with E-state index in [-0.39, 0.29) is 17.7 Å². The van der Waals surface area contributed by atoms with Gasteiger partial charge in [0.2, 0.25) is 0 Å². The highest BCUT2D eigenvalue weighted by molar-refractivity contribution is 7.98. The molecular formula is C11H14ClNO2S. The van der Waals surface area contributed by atoms with Gasteiger partial charge in [0.05, 0.1) is 10.6 Å². The minimum atomic E-state index is -0.262. The molecule has 0 spiro atoms. The number of phenolic OH excluding ortho intramolecular Hbond substituents is 1. The monoisotopic (exact) mass is 259 g/mol. The Labute approximate surface area is 104 Å². The molecule has 0 radical (unpaired) electrons. The summed E-state index contributed by atoms with van der Waals surface area (Å²) in [5.41, 5.74) is 0.301. The van der Waals surface area contributed by atoms with Gasteiger partial charge in [0, 0.05) is 11.8 Å². The van der Waals surface area contributed by atoms with Crippen LogP contribution in [0, 0.1) is 0 Å². The number of hydrogen-bond acceptors (Lipinski definition) is 3. The van der Waals surface area contributed by atoms with Crippen molar-refractivity contribution in [2.24, 2.45) is 0 Å². The van der Waals surface area contributed by atoms with Gasteiger partial charge in [-0.3, -0.25) is 4.79 Å². The van der Waals surface area contributed by atoms with Gasteiger partial charge < -0.3 is 10.4 Å². The Morgan fingerprint density at radius 3 is 2.94 bits per heavy atom. The Morgan fingerprint density at radius 1 is 1.62 bits per heavy atom. The van der Waals surface area contributed by atoms with Crippen LogP contribution in [0.25, 0.3) is 0 Å². The van der Waals surface area contributed by atoms with Crippen molar-refractivity contribution in [3.63, 3.8) is 0 Å². The summed E-state index contributed by atoms with van der Waals surface area (Å²) in [5, 5.41) is 12.4. The zero-order valence-electron chi connectivity index (χ0n) is 9.16. The first-order valence-corrected chi connectivity index (χ1v) is 6.60. The molecule has 2 N–H and O–H groups in total. The first kappa shape index (κ1) is 13.2. The van der Waals surface area contributed by atoms with Crippen LogP contribution in [0.3, 0.4) is 0 Å². The number of benzene rings is 1. The fourth-order valence-electron chi connectivity index (χ4n) is 1.28. The average Bonchev–Trinajstić information content (AvgIpc) is 2.21. The van der Waals surface area contributed by atoms with Gasteiger partial charge in [-0.2, -0.15) is 11.8 Å². The van der Waals surface area contributed by atoms with E-state index in [2.05, 4.69) is 5.32 Å². The second kappa shape index (κ2) is 6.01. The molecule has 1 rings (SSSR count). The van der Waals surface area contributed by atoms with Crippen LogP contribution in [-0.4, -0.2) is 29.1 Å². The van der Waals surface area contributed by atoms with E-state index in [1.54, 1.807) is 11.8 Å². The number of rotatable bonds is 4. The highest BCUT2D eigenvalue weighted by Gasteiger charge is 2.13. The summed E-state index contributed by atoms with van der Waals surface area (Å²) < 4.78 is 0. The molecule has 5 heteroatoms. The number of amides is 1. The number of halogens is 1. The molecule has 1 unspecified atom stereocenters. The molecule has 16 heavy (non-hydrogen) atoms. The zero-order valence-corrected chi connectivity index (χ0v) is 10.7. The molecule has 0 fully saturated rings. The Hall–Kier alpha value is -0.870. The largest absolute Gasteiger partial charge is 0.508 e. The SMILES string of the molecule is CSCC(C)NC(=O)c1cc(O)ccc1Cl. The zero-order chi connectivity index (χ0) is 12.1. The van der Waals surface area contributed by atoms with Crippen molar-refractivity contribution in [3.05, 3.63) is 28.8 Å². The molecule has 1 aromatic rings. The topological polar surface area (TPSA) is 49.3 Å². The highest BCUT2D eigenvalue weighted by atomic mass is 35.5. The molecule has 88 valence electrons. The molecule has 3 nitrogen and oxygen atoms in total. The van der Waals surface area contributed by atoms with Crippen LogP contribution < -0.4 is 5.32 Å². The normalized spacial score (nSPS) is 12.2. The van der Waals surface area contributed by atoms with Crippen LogP contribution in [0.1, 0.15) is 17.3 Å². The van der Waals surface area contributed by atoms with E-state index >= 15 is 0 Å². The van der Waals surface area contributed by atoms with Gasteiger partial charge in [0.1, 0.15) is 5.75 Å². The minimum absolute atomic E-state index is 0.0343. The predicted octanol–water partition coefficient (Wildman–Crippen LogP) is 2.53. The maximum Gasteiger partial charge on any atom is 0.253 e. The van der Waals surface area contributed by atoms with Crippen molar-refractivity contribution < 1.29 is 9.90 Å². The van der Waals surface area contributed by atoms with E-state index in [9.17, 15) is 9.90 Å². The lowest BCUT2D eigenvalue weighted by molar-refractivity contribution is 0.0943. The van der Waals surface area contributed by atoms with Crippen LogP contribution in [-0.2, 0) is 0 Å². The number of phenols is 1. The van der Waals surface area contributed by atoms with Crippen molar-refractivity contribution in [3.8, 4) is 5.75 Å². The van der Waals surface area contributed by atoms with Gasteiger partial charge in [0.15, 0.2) is 0 Å². The van der Waals surface area contributed by atoms with Crippen LogP contribution >= 0.6 is 23.4 Å². The summed E-state index contributed by atoms with van der Waals surface area (Å²) >= 11 is 7.53. The second-order valence-electron chi connectivity index (χ2n) is 3.49. The van der Waals surface area contributed by atoms with Gasteiger partial charge in [-0.05, 0) is 31.4 Å². The lowest BCUT2D eigenvalue weighted by atomic mass is 10.2. The number of aromatic hydroxyl groups is 1. The molecule has 0 saturated heterocycles. The quantitative estimate of drug-likeness (QED) is 0.874. The van der Waals surface area contributed by atoms with Crippen molar-refractivity contribution in [1.29, 1.82) is 0 Å². The van der Waals surface area contributed by atoms with Crippen LogP contribution in [0.15, 0.2) is 18.2 Å². The second-order valence-corrected chi connectivity index (χ2v) is 4.81. The Bertz CT molecular complexity index is 384. The third kappa shape index (κ3) is 3.61. The van der Waals surface area contributed by atoms with E-state index in [1.807, 2.05) is 13.2 Å². The Balaban J connectivity index is 2.76. The van der Waals surface area contributed by atoms with Gasteiger partial charge in [-0.15, -0.1) is 0 Å². The maximum absolute atomic E-state index is 11.8. The maximum atomic E-state index is 11.8. The van der Waals surface area contributed by atoms with E-state index in [0.29, 0.717) is 10.6 Å². The summed E-state index contributed by atoms with van der Waals surface area (Å²) in [4.78, 5) is 11.8. The average molecular weight is 260 g/mol. The predicted molar refractivity (Wildman–Crippen MR) is 68.4 cm³/mol. The fourth-order valence-corrected chi connectivity index (χ4v) is 2.07. The summed E-state index contributed by atoms with van der Waals surface area (Å²) in [7, 11) is 0. The molecule has 0 saturated carbocycles. The lowest BCUT2D eigenvalue weighted by Gasteiger charge is -2.13. The molecule has 0 aliphatic rings. The number of thioether (sulfide) groups is 1. The first-order chi connectivity index (χ1) is 7.54. The molecule has 0 bridgehead atoms. The van der Waals surface area contributed by atoms with E-state index < -0.39 is 0 Å². The van der Waals surface area contributed by atoms with Gasteiger partial charge in [-0.1, -0.05) is 11.6 Å². The number of nitrogens with one attached hydrogen (secondary N) is 1. The van der Waals surface area contributed by atoms with Crippen molar-refractivity contribution >= 4 is 29.3 Å². The van der Waals surface area contributed by atoms with Crippen molar-refractivity contribution in [1.82, 2.24) is 5.32 Å². The van der Waals surface area contributed by atoms with Gasteiger partial charge >= 0.3 is 0 Å². The van der Waals surface area contributed by atoms with Crippen molar-refractivity contribution in [2.45, 2.75) is 13.0 Å². The third-order valence-corrected chi connectivity index (χ3v) is 3.15. The van der Waals surface area contributed by atoms with Crippen molar-refractivity contribution in [2.75, 3.05) is 12.0 Å². The van der Waals surface area contributed by atoms with Gasteiger partial charge in [-0.25, -0.2) is 0 Å². The van der Waals surface area contributed by atoms with Crippen LogP contribution in [0.5, 0.6) is 5.75 Å². The Morgan fingerprint density at radius 2 is 2.31 bits per heavy atom. The number of hydrogen-bond donors (Lipinski definition) is 2. The molecular weight excluding hydrogens is 246 g/mol. The summed E-state index contributed by atoms with van der Waals surface area (Å²) in [6.07, 6.45) is 1.98. The number of carbonyl (C=O) groups excluding carboxylic acids is 1. The lowest BCUT2D eigenvalue weighted by Crippen LogP contribution is -2.34. The van der Waals surface area contributed by atoms with Crippen LogP contribution in [0.4, 0.5) is 0 Å². The third-order valence-electron chi connectivity index (χ3n) is 1.99. The molecule has 1 aromatic carbocycles. The van der Waals surface area contributed by atoms with E-state index in [1.165, 1.54) is 18.2 Å². The van der Waals surface area contributed by atoms with Gasteiger partial charge in [0.25, 0.3) is 5.91 Å². The van der Waals surface area contributed by atoms with Crippen LogP contribution in [0.2, 0.25) is 5.02 Å². The first-order valence-electron chi connectivity index (χ1n) is 4.83. The molecule has 0 aliphatic carbocycles. The van der Waals surface area contributed by atoms with E-state index in [0.717, 1.165) is 5.75 Å². The standard InChI is InChI=1S/C11H14ClNO2S/c1-7(6-16-2)13-11(15)9-5-8(14)3-4-10(9)12/h3-5,7,14H,6H2,1-2H3,(H,13,15). The smallest absolute Gasteiger partial charge is 0.253 e. The molecule has 0 aromatic heterocycles.